The van der Waals surface area contributed by atoms with Crippen LogP contribution in [-0.4, -0.2) is 18.4 Å². The number of hydrazine groups is 1. The largest absolute Gasteiger partial charge is 0.481 e. The van der Waals surface area contributed by atoms with Crippen molar-refractivity contribution in [3.8, 4) is 5.75 Å². The molecular weight excluding hydrogens is 311 g/mol. The van der Waals surface area contributed by atoms with E-state index in [0.717, 1.165) is 5.56 Å². The molecule has 0 aromatic heterocycles. The van der Waals surface area contributed by atoms with E-state index in [1.54, 1.807) is 18.2 Å². The highest BCUT2D eigenvalue weighted by molar-refractivity contribution is 5.95. The Bertz CT molecular complexity index is 714. The lowest BCUT2D eigenvalue weighted by Gasteiger charge is -2.10. The van der Waals surface area contributed by atoms with E-state index in [1.165, 1.54) is 18.2 Å². The van der Waals surface area contributed by atoms with Gasteiger partial charge in [-0.05, 0) is 35.7 Å². The molecule has 2 amide bonds. The van der Waals surface area contributed by atoms with Crippen molar-refractivity contribution in [3.05, 3.63) is 65.5 Å². The molecule has 0 unspecified atom stereocenters. The van der Waals surface area contributed by atoms with Crippen LogP contribution < -0.4 is 15.6 Å². The molecule has 0 bridgehead atoms. The predicted octanol–water partition coefficient (Wildman–Crippen LogP) is 2.79. The van der Waals surface area contributed by atoms with Crippen LogP contribution in [0.1, 0.15) is 35.7 Å². The molecule has 2 aromatic rings. The molecule has 6 heteroatoms. The van der Waals surface area contributed by atoms with E-state index in [0.29, 0.717) is 11.5 Å². The molecule has 24 heavy (non-hydrogen) atoms. The van der Waals surface area contributed by atoms with Crippen LogP contribution in [0.25, 0.3) is 0 Å². The number of rotatable bonds is 5. The van der Waals surface area contributed by atoms with Gasteiger partial charge in [0.05, 0.1) is 0 Å². The normalized spacial score (nSPS) is 10.3. The average Bonchev–Trinajstić information content (AvgIpc) is 2.59. The lowest BCUT2D eigenvalue weighted by Crippen LogP contribution is -2.43. The third-order valence-electron chi connectivity index (χ3n) is 3.35. The maximum atomic E-state index is 13.3. The lowest BCUT2D eigenvalue weighted by molar-refractivity contribution is -0.123. The Morgan fingerprint density at radius 1 is 1.04 bits per heavy atom. The summed E-state index contributed by atoms with van der Waals surface area (Å²) in [5, 5.41) is 0. The molecule has 0 saturated carbocycles. The number of halogens is 1. The molecule has 0 spiro atoms. The Morgan fingerprint density at radius 2 is 1.71 bits per heavy atom. The van der Waals surface area contributed by atoms with Crippen LogP contribution in [0, 0.1) is 5.82 Å². The second-order valence-corrected chi connectivity index (χ2v) is 5.50. The fraction of sp³-hybridized carbons (Fsp3) is 0.222. The summed E-state index contributed by atoms with van der Waals surface area (Å²) in [7, 11) is 0. The minimum absolute atomic E-state index is 0.0248. The monoisotopic (exact) mass is 330 g/mol. The van der Waals surface area contributed by atoms with Crippen molar-refractivity contribution in [3.63, 3.8) is 0 Å². The standard InChI is InChI=1S/C18H19FN2O3/c1-12(2)13-7-9-14(10-8-13)18(23)21-20-17(22)11-24-16-6-4-3-5-15(16)19/h3-10,12H,11H2,1-2H3,(H,20,22)(H,21,23). The van der Waals surface area contributed by atoms with Gasteiger partial charge < -0.3 is 4.74 Å². The van der Waals surface area contributed by atoms with E-state index < -0.39 is 24.2 Å². The molecule has 0 heterocycles. The van der Waals surface area contributed by atoms with Crippen LogP contribution in [0.4, 0.5) is 4.39 Å². The quantitative estimate of drug-likeness (QED) is 0.829. The number of amides is 2. The zero-order chi connectivity index (χ0) is 17.5. The minimum atomic E-state index is -0.592. The molecule has 5 nitrogen and oxygen atoms in total. The highest BCUT2D eigenvalue weighted by Gasteiger charge is 2.09. The number of carbonyl (C=O) groups excluding carboxylic acids is 2. The predicted molar refractivity (Wildman–Crippen MR) is 88.0 cm³/mol. The zero-order valence-corrected chi connectivity index (χ0v) is 13.5. The summed E-state index contributed by atoms with van der Waals surface area (Å²) in [6.07, 6.45) is 0. The molecular formula is C18H19FN2O3. The number of carbonyl (C=O) groups is 2. The van der Waals surface area contributed by atoms with E-state index in [9.17, 15) is 14.0 Å². The van der Waals surface area contributed by atoms with Crippen LogP contribution in [0.2, 0.25) is 0 Å². The molecule has 0 aliphatic carbocycles. The van der Waals surface area contributed by atoms with E-state index in [2.05, 4.69) is 24.7 Å². The molecule has 0 atom stereocenters. The first-order valence-electron chi connectivity index (χ1n) is 7.54. The van der Waals surface area contributed by atoms with Crippen molar-refractivity contribution in [1.82, 2.24) is 10.9 Å². The van der Waals surface area contributed by atoms with Gasteiger partial charge >= 0.3 is 0 Å². The van der Waals surface area contributed by atoms with Crippen molar-refractivity contribution in [2.24, 2.45) is 0 Å². The highest BCUT2D eigenvalue weighted by atomic mass is 19.1. The number of hydrogen-bond acceptors (Lipinski definition) is 3. The van der Waals surface area contributed by atoms with Gasteiger partial charge in [-0.1, -0.05) is 38.1 Å². The number of para-hydroxylation sites is 1. The first kappa shape index (κ1) is 17.5. The van der Waals surface area contributed by atoms with Gasteiger partial charge in [0.2, 0.25) is 0 Å². The van der Waals surface area contributed by atoms with Gasteiger partial charge in [0.15, 0.2) is 18.2 Å². The van der Waals surface area contributed by atoms with Crippen LogP contribution >= 0.6 is 0 Å². The van der Waals surface area contributed by atoms with Gasteiger partial charge in [-0.25, -0.2) is 4.39 Å². The molecule has 2 rings (SSSR count). The molecule has 0 aliphatic rings. The molecule has 0 aliphatic heterocycles. The Labute approximate surface area is 139 Å². The van der Waals surface area contributed by atoms with Gasteiger partial charge in [0.25, 0.3) is 11.8 Å². The van der Waals surface area contributed by atoms with Crippen molar-refractivity contribution < 1.29 is 18.7 Å². The Morgan fingerprint density at radius 3 is 2.33 bits per heavy atom. The van der Waals surface area contributed by atoms with Gasteiger partial charge in [-0.3, -0.25) is 20.4 Å². The van der Waals surface area contributed by atoms with Crippen LogP contribution in [0.15, 0.2) is 48.5 Å². The van der Waals surface area contributed by atoms with Gasteiger partial charge in [0.1, 0.15) is 0 Å². The molecule has 0 fully saturated rings. The van der Waals surface area contributed by atoms with Gasteiger partial charge in [-0.2, -0.15) is 0 Å². The van der Waals surface area contributed by atoms with Gasteiger partial charge in [0, 0.05) is 5.56 Å². The van der Waals surface area contributed by atoms with Crippen molar-refractivity contribution in [2.45, 2.75) is 19.8 Å². The third-order valence-corrected chi connectivity index (χ3v) is 3.35. The minimum Gasteiger partial charge on any atom is -0.481 e. The first-order chi connectivity index (χ1) is 11.5. The summed E-state index contributed by atoms with van der Waals surface area (Å²) in [6.45, 7) is 3.71. The molecule has 126 valence electrons. The number of nitrogens with one attached hydrogen (secondary N) is 2. The fourth-order valence-corrected chi connectivity index (χ4v) is 1.96. The summed E-state index contributed by atoms with van der Waals surface area (Å²) in [6, 6.07) is 12.9. The van der Waals surface area contributed by atoms with Crippen molar-refractivity contribution >= 4 is 11.8 Å². The molecule has 2 N–H and O–H groups in total. The van der Waals surface area contributed by atoms with Crippen LogP contribution in [0.5, 0.6) is 5.75 Å². The summed E-state index contributed by atoms with van der Waals surface area (Å²) < 4.78 is 18.4. The van der Waals surface area contributed by atoms with Crippen LogP contribution in [-0.2, 0) is 4.79 Å². The highest BCUT2D eigenvalue weighted by Crippen LogP contribution is 2.15. The Kier molecular flexibility index (Phi) is 5.89. The van der Waals surface area contributed by atoms with Crippen LogP contribution in [0.3, 0.4) is 0 Å². The maximum Gasteiger partial charge on any atom is 0.276 e. The van der Waals surface area contributed by atoms with Gasteiger partial charge in [-0.15, -0.1) is 0 Å². The van der Waals surface area contributed by atoms with E-state index in [4.69, 9.17) is 4.74 Å². The Balaban J connectivity index is 1.80. The summed E-state index contributed by atoms with van der Waals surface area (Å²) in [4.78, 5) is 23.6. The SMILES string of the molecule is CC(C)c1ccc(C(=O)NNC(=O)COc2ccccc2F)cc1. The lowest BCUT2D eigenvalue weighted by atomic mass is 10.0. The summed E-state index contributed by atoms with van der Waals surface area (Å²) in [5.74, 6) is -1.24. The number of ether oxygens (including phenoxy) is 1. The van der Waals surface area contributed by atoms with E-state index in [1.807, 2.05) is 12.1 Å². The fourth-order valence-electron chi connectivity index (χ4n) is 1.96. The molecule has 0 radical (unpaired) electrons. The summed E-state index contributed by atoms with van der Waals surface area (Å²) >= 11 is 0. The first-order valence-corrected chi connectivity index (χ1v) is 7.54. The van der Waals surface area contributed by atoms with Crippen molar-refractivity contribution in [1.29, 1.82) is 0 Å². The van der Waals surface area contributed by atoms with E-state index >= 15 is 0 Å². The molecule has 2 aromatic carbocycles. The summed E-state index contributed by atoms with van der Waals surface area (Å²) in [5.41, 5.74) is 6.05. The number of hydrogen-bond donors (Lipinski definition) is 2. The van der Waals surface area contributed by atoms with E-state index in [-0.39, 0.29) is 5.75 Å². The average molecular weight is 330 g/mol. The van der Waals surface area contributed by atoms with Crippen molar-refractivity contribution in [2.75, 3.05) is 6.61 Å². The number of benzene rings is 2. The second-order valence-electron chi connectivity index (χ2n) is 5.50. The topological polar surface area (TPSA) is 67.4 Å². The Hall–Kier alpha value is -2.89. The third kappa shape index (κ3) is 4.81. The zero-order valence-electron chi connectivity index (χ0n) is 13.5. The molecule has 0 saturated heterocycles. The smallest absolute Gasteiger partial charge is 0.276 e. The second kappa shape index (κ2) is 8.10. The maximum absolute atomic E-state index is 13.3.